The first kappa shape index (κ1) is 6.11. The second kappa shape index (κ2) is 1.74. The number of aliphatic hydroxyl groups is 1. The summed E-state index contributed by atoms with van der Waals surface area (Å²) in [4.78, 5) is 3.96. The van der Waals surface area contributed by atoms with Crippen molar-refractivity contribution in [2.45, 2.75) is 19.6 Å². The van der Waals surface area contributed by atoms with Gasteiger partial charge in [0, 0.05) is 5.75 Å². The fourth-order valence-electron chi connectivity index (χ4n) is 0.645. The Morgan fingerprint density at radius 3 is 2.62 bits per heavy atom. The predicted molar refractivity (Wildman–Crippen MR) is 36.2 cm³/mol. The van der Waals surface area contributed by atoms with Gasteiger partial charge >= 0.3 is 0 Å². The molecule has 0 saturated carbocycles. The van der Waals surface area contributed by atoms with E-state index in [0.29, 0.717) is 5.75 Å². The zero-order valence-corrected chi connectivity index (χ0v) is 5.83. The lowest BCUT2D eigenvalue weighted by atomic mass is 10.3. The molecule has 0 bridgehead atoms. The largest absolute Gasteiger partial charge is 0.369 e. The third-order valence-corrected chi connectivity index (χ3v) is 2.15. The maximum Gasteiger partial charge on any atom is 0.163 e. The van der Waals surface area contributed by atoms with Gasteiger partial charge < -0.3 is 5.11 Å². The summed E-state index contributed by atoms with van der Waals surface area (Å²) in [6.07, 6.45) is 0. The van der Waals surface area contributed by atoms with Gasteiger partial charge in [-0.25, -0.2) is 4.99 Å². The number of hydrogen-bond donors (Lipinski definition) is 1. The first-order valence-corrected chi connectivity index (χ1v) is 3.50. The molecule has 0 saturated heterocycles. The highest BCUT2D eigenvalue weighted by molar-refractivity contribution is 8.14. The maximum absolute atomic E-state index is 9.16. The summed E-state index contributed by atoms with van der Waals surface area (Å²) in [5.41, 5.74) is -0.783. The van der Waals surface area contributed by atoms with Crippen molar-refractivity contribution in [3.05, 3.63) is 0 Å². The molecule has 8 heavy (non-hydrogen) atoms. The molecule has 2 nitrogen and oxygen atoms in total. The van der Waals surface area contributed by atoms with Crippen molar-refractivity contribution >= 4 is 16.8 Å². The maximum atomic E-state index is 9.16. The van der Waals surface area contributed by atoms with Gasteiger partial charge in [-0.3, -0.25) is 0 Å². The lowest BCUT2D eigenvalue weighted by Gasteiger charge is -2.08. The molecule has 1 N–H and O–H groups in total. The molecule has 0 aromatic heterocycles. The molecule has 3 heteroatoms. The Kier molecular flexibility index (Phi) is 1.33. The Morgan fingerprint density at radius 2 is 2.50 bits per heavy atom. The fourth-order valence-corrected chi connectivity index (χ4v) is 1.45. The lowest BCUT2D eigenvalue weighted by Crippen LogP contribution is -2.19. The van der Waals surface area contributed by atoms with Crippen molar-refractivity contribution in [1.29, 1.82) is 0 Å². The summed E-state index contributed by atoms with van der Waals surface area (Å²) in [7, 11) is 0. The molecule has 0 spiro atoms. The summed E-state index contributed by atoms with van der Waals surface area (Å²) in [5.74, 6) is 0.707. The highest BCUT2D eigenvalue weighted by Crippen LogP contribution is 2.24. The van der Waals surface area contributed by atoms with E-state index in [1.54, 1.807) is 18.7 Å². The monoisotopic (exact) mass is 131 g/mol. The predicted octanol–water partition coefficient (Wildman–Crippen LogP) is 0.860. The van der Waals surface area contributed by atoms with Crippen molar-refractivity contribution < 1.29 is 5.11 Å². The van der Waals surface area contributed by atoms with Crippen molar-refractivity contribution in [1.82, 2.24) is 0 Å². The highest BCUT2D eigenvalue weighted by Gasteiger charge is 2.24. The molecule has 1 unspecified atom stereocenters. The standard InChI is InChI=1S/C5H9NOS/c1-4-6-5(2,7)3-8-4/h7H,3H2,1-2H3. The van der Waals surface area contributed by atoms with Gasteiger partial charge in [-0.1, -0.05) is 0 Å². The van der Waals surface area contributed by atoms with Crippen molar-refractivity contribution in [2.75, 3.05) is 5.75 Å². The number of hydrogen-bond acceptors (Lipinski definition) is 3. The van der Waals surface area contributed by atoms with Crippen LogP contribution in [0.3, 0.4) is 0 Å². The molecule has 0 aliphatic carbocycles. The molecule has 1 aliphatic heterocycles. The van der Waals surface area contributed by atoms with Crippen LogP contribution in [0.25, 0.3) is 0 Å². The summed E-state index contributed by atoms with van der Waals surface area (Å²) < 4.78 is 0. The first-order valence-electron chi connectivity index (χ1n) is 2.52. The number of nitrogens with zero attached hydrogens (tertiary/aromatic N) is 1. The molecule has 1 aliphatic rings. The van der Waals surface area contributed by atoms with E-state index >= 15 is 0 Å². The molecular weight excluding hydrogens is 122 g/mol. The van der Waals surface area contributed by atoms with Gasteiger partial charge in [-0.05, 0) is 13.8 Å². The molecule has 0 aromatic rings. The first-order chi connectivity index (χ1) is 3.60. The van der Waals surface area contributed by atoms with Gasteiger partial charge in [0.05, 0.1) is 5.04 Å². The molecule has 0 aromatic carbocycles. The van der Waals surface area contributed by atoms with Gasteiger partial charge in [0.1, 0.15) is 0 Å². The smallest absolute Gasteiger partial charge is 0.163 e. The Labute approximate surface area is 53.0 Å². The zero-order chi connectivity index (χ0) is 6.20. The van der Waals surface area contributed by atoms with E-state index < -0.39 is 5.72 Å². The Morgan fingerprint density at radius 1 is 1.88 bits per heavy atom. The average molecular weight is 131 g/mol. The highest BCUT2D eigenvalue weighted by atomic mass is 32.2. The number of aliphatic imine (C=N–C) groups is 1. The Balaban J connectivity index is 2.67. The van der Waals surface area contributed by atoms with Crippen molar-refractivity contribution in [3.8, 4) is 0 Å². The van der Waals surface area contributed by atoms with Crippen molar-refractivity contribution in [2.24, 2.45) is 4.99 Å². The van der Waals surface area contributed by atoms with E-state index in [-0.39, 0.29) is 0 Å². The Hall–Kier alpha value is -0.0200. The summed E-state index contributed by atoms with van der Waals surface area (Å²) in [6, 6.07) is 0. The minimum absolute atomic E-state index is 0.707. The van der Waals surface area contributed by atoms with Crippen LogP contribution in [0.1, 0.15) is 13.8 Å². The SMILES string of the molecule is CC1=NC(C)(O)CS1. The normalized spacial score (nSPS) is 37.6. The molecule has 1 rings (SSSR count). The molecular formula is C5H9NOS. The molecule has 1 heterocycles. The summed E-state index contributed by atoms with van der Waals surface area (Å²) in [6.45, 7) is 3.63. The third kappa shape index (κ3) is 1.23. The van der Waals surface area contributed by atoms with Crippen LogP contribution >= 0.6 is 11.8 Å². The van der Waals surface area contributed by atoms with Gasteiger partial charge in [-0.15, -0.1) is 11.8 Å². The zero-order valence-electron chi connectivity index (χ0n) is 5.01. The van der Waals surface area contributed by atoms with Crippen LogP contribution in [-0.2, 0) is 0 Å². The van der Waals surface area contributed by atoms with E-state index in [1.807, 2.05) is 6.92 Å². The average Bonchev–Trinajstić information content (AvgIpc) is 1.82. The molecule has 1 atom stereocenters. The van der Waals surface area contributed by atoms with E-state index in [9.17, 15) is 0 Å². The fraction of sp³-hybridized carbons (Fsp3) is 0.800. The van der Waals surface area contributed by atoms with E-state index in [4.69, 9.17) is 5.11 Å². The minimum atomic E-state index is -0.783. The van der Waals surface area contributed by atoms with Crippen LogP contribution in [-0.4, -0.2) is 21.6 Å². The van der Waals surface area contributed by atoms with E-state index in [2.05, 4.69) is 4.99 Å². The molecule has 0 amide bonds. The topological polar surface area (TPSA) is 32.6 Å². The van der Waals surface area contributed by atoms with Crippen LogP contribution in [0.5, 0.6) is 0 Å². The molecule has 0 fully saturated rings. The van der Waals surface area contributed by atoms with E-state index in [1.165, 1.54) is 0 Å². The minimum Gasteiger partial charge on any atom is -0.369 e. The number of thioether (sulfide) groups is 1. The van der Waals surface area contributed by atoms with Gasteiger partial charge in [0.25, 0.3) is 0 Å². The van der Waals surface area contributed by atoms with Gasteiger partial charge in [0.2, 0.25) is 0 Å². The second-order valence-corrected chi connectivity index (χ2v) is 3.30. The second-order valence-electron chi connectivity index (χ2n) is 2.14. The Bertz CT molecular complexity index is 130. The van der Waals surface area contributed by atoms with Crippen molar-refractivity contribution in [3.63, 3.8) is 0 Å². The quantitative estimate of drug-likeness (QED) is 0.529. The molecule has 46 valence electrons. The lowest BCUT2D eigenvalue weighted by molar-refractivity contribution is 0.0988. The summed E-state index contributed by atoms with van der Waals surface area (Å²) in [5, 5.41) is 10.1. The van der Waals surface area contributed by atoms with Crippen LogP contribution in [0.4, 0.5) is 0 Å². The number of rotatable bonds is 0. The van der Waals surface area contributed by atoms with Gasteiger partial charge in [0.15, 0.2) is 5.72 Å². The van der Waals surface area contributed by atoms with Crippen LogP contribution < -0.4 is 0 Å². The van der Waals surface area contributed by atoms with Crippen LogP contribution in [0.2, 0.25) is 0 Å². The molecule has 0 radical (unpaired) electrons. The summed E-state index contributed by atoms with van der Waals surface area (Å²) >= 11 is 1.60. The van der Waals surface area contributed by atoms with Gasteiger partial charge in [-0.2, -0.15) is 0 Å². The van der Waals surface area contributed by atoms with Crippen LogP contribution in [0, 0.1) is 0 Å². The third-order valence-electron chi connectivity index (χ3n) is 0.953. The van der Waals surface area contributed by atoms with E-state index in [0.717, 1.165) is 5.04 Å². The van der Waals surface area contributed by atoms with Crippen LogP contribution in [0.15, 0.2) is 4.99 Å².